The molecule has 3 aromatic rings. The standard InChI is InChI=1S/C27H29NO3S/c1-31-25-8-2-22-14-26(9-3-21(22)13-25)32(29,30)28-24-6-4-23(5-7-24)27-15-18-10-19(16-27)12-20(11-18)17-27/h2-9,13-14,18-20,28H,10-12,15-17H2,1H3. The van der Waals surface area contributed by atoms with Crippen LogP contribution in [0.3, 0.4) is 0 Å². The Kier molecular flexibility index (Phi) is 4.55. The van der Waals surface area contributed by atoms with E-state index in [9.17, 15) is 8.42 Å². The molecule has 0 aromatic heterocycles. The third kappa shape index (κ3) is 3.38. The normalized spacial score (nSPS) is 28.7. The molecule has 0 amide bonds. The van der Waals surface area contributed by atoms with E-state index in [1.807, 2.05) is 36.4 Å². The molecule has 4 fully saturated rings. The van der Waals surface area contributed by atoms with Gasteiger partial charge in [0.05, 0.1) is 12.0 Å². The van der Waals surface area contributed by atoms with E-state index in [1.165, 1.54) is 44.1 Å². The van der Waals surface area contributed by atoms with E-state index in [1.54, 1.807) is 19.2 Å². The summed E-state index contributed by atoms with van der Waals surface area (Å²) in [4.78, 5) is 0.264. The van der Waals surface area contributed by atoms with Gasteiger partial charge in [-0.3, -0.25) is 4.72 Å². The highest BCUT2D eigenvalue weighted by atomic mass is 32.2. The summed E-state index contributed by atoms with van der Waals surface area (Å²) >= 11 is 0. The van der Waals surface area contributed by atoms with Crippen LogP contribution in [0.5, 0.6) is 5.75 Å². The zero-order valence-electron chi connectivity index (χ0n) is 18.4. The van der Waals surface area contributed by atoms with Gasteiger partial charge in [-0.2, -0.15) is 0 Å². The summed E-state index contributed by atoms with van der Waals surface area (Å²) in [5.41, 5.74) is 2.35. The molecule has 4 nitrogen and oxygen atoms in total. The highest BCUT2D eigenvalue weighted by Gasteiger charge is 2.51. The first-order chi connectivity index (χ1) is 15.4. The number of hydrogen-bond donors (Lipinski definition) is 1. The number of hydrogen-bond acceptors (Lipinski definition) is 3. The molecule has 0 aliphatic heterocycles. The van der Waals surface area contributed by atoms with Gasteiger partial charge >= 0.3 is 0 Å². The molecule has 3 aromatic carbocycles. The number of sulfonamides is 1. The molecule has 7 rings (SSSR count). The van der Waals surface area contributed by atoms with Gasteiger partial charge in [-0.1, -0.05) is 24.3 Å². The minimum Gasteiger partial charge on any atom is -0.497 e. The Hall–Kier alpha value is -2.53. The Balaban J connectivity index is 1.24. The Morgan fingerprint density at radius 2 is 1.41 bits per heavy atom. The summed E-state index contributed by atoms with van der Waals surface area (Å²) in [7, 11) is -2.04. The van der Waals surface area contributed by atoms with E-state index in [0.29, 0.717) is 11.1 Å². The van der Waals surface area contributed by atoms with E-state index in [-0.39, 0.29) is 4.90 Å². The van der Waals surface area contributed by atoms with Crippen LogP contribution < -0.4 is 9.46 Å². The molecule has 0 saturated heterocycles. The first kappa shape index (κ1) is 20.1. The van der Waals surface area contributed by atoms with Crippen molar-refractivity contribution in [1.82, 2.24) is 0 Å². The Bertz CT molecular complexity index is 1240. The van der Waals surface area contributed by atoms with E-state index in [4.69, 9.17) is 4.74 Å². The van der Waals surface area contributed by atoms with Crippen LogP contribution >= 0.6 is 0 Å². The smallest absolute Gasteiger partial charge is 0.261 e. The first-order valence-corrected chi connectivity index (χ1v) is 13.1. The number of rotatable bonds is 5. The van der Waals surface area contributed by atoms with Crippen LogP contribution in [0.4, 0.5) is 5.69 Å². The number of benzene rings is 3. The molecule has 32 heavy (non-hydrogen) atoms. The molecular weight excluding hydrogens is 418 g/mol. The lowest BCUT2D eigenvalue weighted by Gasteiger charge is -2.57. The quantitative estimate of drug-likeness (QED) is 0.513. The lowest BCUT2D eigenvalue weighted by Crippen LogP contribution is -2.48. The van der Waals surface area contributed by atoms with Gasteiger partial charge in [0.2, 0.25) is 0 Å². The average molecular weight is 448 g/mol. The van der Waals surface area contributed by atoms with Crippen LogP contribution in [0.2, 0.25) is 0 Å². The van der Waals surface area contributed by atoms with Crippen molar-refractivity contribution in [2.75, 3.05) is 11.8 Å². The van der Waals surface area contributed by atoms with Crippen molar-refractivity contribution in [3.05, 3.63) is 66.2 Å². The fourth-order valence-corrected chi connectivity index (χ4v) is 8.16. The van der Waals surface area contributed by atoms with Crippen molar-refractivity contribution in [3.8, 4) is 5.75 Å². The van der Waals surface area contributed by atoms with Crippen LogP contribution in [0, 0.1) is 17.8 Å². The second kappa shape index (κ2) is 7.24. The van der Waals surface area contributed by atoms with Crippen molar-refractivity contribution in [2.24, 2.45) is 17.8 Å². The molecule has 0 radical (unpaired) electrons. The van der Waals surface area contributed by atoms with E-state index >= 15 is 0 Å². The van der Waals surface area contributed by atoms with Crippen molar-refractivity contribution in [3.63, 3.8) is 0 Å². The second-order valence-electron chi connectivity index (χ2n) is 10.3. The fourth-order valence-electron chi connectivity index (χ4n) is 7.07. The molecular formula is C27H29NO3S. The number of anilines is 1. The molecule has 0 spiro atoms. The lowest BCUT2D eigenvalue weighted by molar-refractivity contribution is -0.00518. The Morgan fingerprint density at radius 3 is 2.03 bits per heavy atom. The third-order valence-corrected chi connectivity index (χ3v) is 9.50. The van der Waals surface area contributed by atoms with Crippen molar-refractivity contribution in [1.29, 1.82) is 0 Å². The Labute approximate surface area is 190 Å². The SMILES string of the molecule is COc1ccc2cc(S(=O)(=O)Nc3ccc(C45CC6CC(CC(C6)C4)C5)cc3)ccc2c1. The zero-order valence-corrected chi connectivity index (χ0v) is 19.2. The molecule has 5 heteroatoms. The number of fused-ring (bicyclic) bond motifs is 1. The van der Waals surface area contributed by atoms with Crippen molar-refractivity contribution >= 4 is 26.5 Å². The summed E-state index contributed by atoms with van der Waals surface area (Å²) < 4.78 is 34.1. The maximum absolute atomic E-state index is 13.0. The molecule has 0 heterocycles. The molecule has 0 atom stereocenters. The van der Waals surface area contributed by atoms with Gasteiger partial charge in [0.25, 0.3) is 10.0 Å². The van der Waals surface area contributed by atoms with Crippen LogP contribution in [0.15, 0.2) is 65.6 Å². The predicted octanol–water partition coefficient (Wildman–Crippen LogP) is 6.12. The largest absolute Gasteiger partial charge is 0.497 e. The molecule has 0 unspecified atom stereocenters. The first-order valence-electron chi connectivity index (χ1n) is 11.6. The van der Waals surface area contributed by atoms with Crippen LogP contribution in [0.25, 0.3) is 10.8 Å². The van der Waals surface area contributed by atoms with Gasteiger partial charge in [-0.25, -0.2) is 8.42 Å². The van der Waals surface area contributed by atoms with Crippen LogP contribution in [0.1, 0.15) is 44.1 Å². The summed E-state index contributed by atoms with van der Waals surface area (Å²) in [5, 5.41) is 1.81. The molecule has 166 valence electrons. The zero-order chi connectivity index (χ0) is 21.9. The summed E-state index contributed by atoms with van der Waals surface area (Å²) in [6.07, 6.45) is 8.21. The van der Waals surface area contributed by atoms with Gasteiger partial charge in [0, 0.05) is 5.69 Å². The summed E-state index contributed by atoms with van der Waals surface area (Å²) in [5.74, 6) is 3.44. The highest BCUT2D eigenvalue weighted by Crippen LogP contribution is 2.60. The van der Waals surface area contributed by atoms with Gasteiger partial charge in [0.1, 0.15) is 5.75 Å². The fraction of sp³-hybridized carbons (Fsp3) is 0.407. The van der Waals surface area contributed by atoms with Crippen molar-refractivity contribution in [2.45, 2.75) is 48.8 Å². The Morgan fingerprint density at radius 1 is 0.812 bits per heavy atom. The number of methoxy groups -OCH3 is 1. The molecule has 4 bridgehead atoms. The van der Waals surface area contributed by atoms with Crippen LogP contribution in [-0.4, -0.2) is 15.5 Å². The minimum atomic E-state index is -3.66. The second-order valence-corrected chi connectivity index (χ2v) is 11.9. The molecule has 4 aliphatic carbocycles. The van der Waals surface area contributed by atoms with Gasteiger partial charge in [-0.15, -0.1) is 0 Å². The van der Waals surface area contributed by atoms with Gasteiger partial charge in [0.15, 0.2) is 0 Å². The summed E-state index contributed by atoms with van der Waals surface area (Å²) in [6, 6.07) is 19.0. The lowest BCUT2D eigenvalue weighted by atomic mass is 9.48. The van der Waals surface area contributed by atoms with E-state index < -0.39 is 10.0 Å². The number of ether oxygens (including phenoxy) is 1. The highest BCUT2D eigenvalue weighted by molar-refractivity contribution is 7.92. The summed E-state index contributed by atoms with van der Waals surface area (Å²) in [6.45, 7) is 0. The monoisotopic (exact) mass is 447 g/mol. The van der Waals surface area contributed by atoms with Gasteiger partial charge < -0.3 is 4.74 Å². The van der Waals surface area contributed by atoms with E-state index in [0.717, 1.165) is 34.3 Å². The van der Waals surface area contributed by atoms with E-state index in [2.05, 4.69) is 16.9 Å². The topological polar surface area (TPSA) is 55.4 Å². The maximum Gasteiger partial charge on any atom is 0.261 e. The predicted molar refractivity (Wildman–Crippen MR) is 128 cm³/mol. The third-order valence-electron chi connectivity index (χ3n) is 8.12. The van der Waals surface area contributed by atoms with Gasteiger partial charge in [-0.05, 0) is 114 Å². The maximum atomic E-state index is 13.0. The molecule has 4 saturated carbocycles. The molecule has 1 N–H and O–H groups in total. The molecule has 4 aliphatic rings. The van der Waals surface area contributed by atoms with Crippen molar-refractivity contribution < 1.29 is 13.2 Å². The average Bonchev–Trinajstić information content (AvgIpc) is 2.77. The van der Waals surface area contributed by atoms with Crippen LogP contribution in [-0.2, 0) is 15.4 Å². The number of nitrogens with one attached hydrogen (secondary N) is 1. The minimum absolute atomic E-state index is 0.264.